The van der Waals surface area contributed by atoms with E-state index in [2.05, 4.69) is 44.9 Å². The molecule has 1 aromatic carbocycles. The topological polar surface area (TPSA) is 3.24 Å². The Hall–Kier alpha value is -0.820. The maximum absolute atomic E-state index is 2.25. The van der Waals surface area contributed by atoms with Gasteiger partial charge in [-0.25, -0.2) is 0 Å². The van der Waals surface area contributed by atoms with E-state index in [-0.39, 0.29) is 0 Å². The van der Waals surface area contributed by atoms with E-state index < -0.39 is 0 Å². The van der Waals surface area contributed by atoms with Gasteiger partial charge in [0.05, 0.1) is 0 Å². The summed E-state index contributed by atoms with van der Waals surface area (Å²) in [6, 6.07) is 10.3. The molecule has 13 heavy (non-hydrogen) atoms. The van der Waals surface area contributed by atoms with E-state index in [4.69, 9.17) is 0 Å². The molecule has 0 heterocycles. The summed E-state index contributed by atoms with van der Waals surface area (Å²) >= 11 is 0. The van der Waals surface area contributed by atoms with Crippen LogP contribution >= 0.6 is 0 Å². The van der Waals surface area contributed by atoms with Gasteiger partial charge in [0.25, 0.3) is 0 Å². The summed E-state index contributed by atoms with van der Waals surface area (Å²) in [4.78, 5) is 2.25. The van der Waals surface area contributed by atoms with Gasteiger partial charge in [0, 0.05) is 0 Å². The predicted octanol–water partition coefficient (Wildman–Crippen LogP) is 2.95. The minimum absolute atomic E-state index is 1.16. The van der Waals surface area contributed by atoms with Crippen molar-refractivity contribution in [3.8, 4) is 0 Å². The second kappa shape index (κ2) is 7.81. The summed E-state index contributed by atoms with van der Waals surface area (Å²) in [5.74, 6) is 0. The second-order valence-electron chi connectivity index (χ2n) is 3.14. The smallest absolute Gasteiger partial charge is 0.00504 e. The summed E-state index contributed by atoms with van der Waals surface area (Å²) < 4.78 is 0. The van der Waals surface area contributed by atoms with Gasteiger partial charge in [0.15, 0.2) is 0 Å². The first kappa shape index (κ1) is 12.2. The Bertz CT molecular complexity index is 190. The zero-order chi connectivity index (χ0) is 10.1. The molecule has 0 saturated carbocycles. The van der Waals surface area contributed by atoms with E-state index in [9.17, 15) is 0 Å². The van der Waals surface area contributed by atoms with Crippen molar-refractivity contribution in [2.75, 3.05) is 20.1 Å². The van der Waals surface area contributed by atoms with Gasteiger partial charge in [-0.1, -0.05) is 49.7 Å². The summed E-state index contributed by atoms with van der Waals surface area (Å²) in [5.41, 5.74) is 1.32. The average Bonchev–Trinajstić information content (AvgIpc) is 2.19. The van der Waals surface area contributed by atoms with Gasteiger partial charge in [0.2, 0.25) is 0 Å². The minimum atomic E-state index is 1.16. The van der Waals surface area contributed by atoms with E-state index in [0.717, 1.165) is 13.1 Å². The zero-order valence-corrected chi connectivity index (χ0v) is 9.25. The van der Waals surface area contributed by atoms with Gasteiger partial charge in [-0.05, 0) is 27.1 Å². The van der Waals surface area contributed by atoms with Crippen LogP contribution in [0.15, 0.2) is 30.3 Å². The van der Waals surface area contributed by atoms with Crippen LogP contribution in [0.4, 0.5) is 0 Å². The van der Waals surface area contributed by atoms with E-state index in [1.807, 2.05) is 18.2 Å². The number of aryl methyl sites for hydroxylation is 1. The van der Waals surface area contributed by atoms with Gasteiger partial charge >= 0.3 is 0 Å². The third-order valence-corrected chi connectivity index (χ3v) is 2.02. The second-order valence-corrected chi connectivity index (χ2v) is 3.14. The summed E-state index contributed by atoms with van der Waals surface area (Å²) in [6.07, 6.45) is 0. The molecule has 1 nitrogen and oxygen atoms in total. The van der Waals surface area contributed by atoms with Crippen LogP contribution in [0, 0.1) is 6.92 Å². The van der Waals surface area contributed by atoms with Crippen LogP contribution in [0.3, 0.4) is 0 Å². The summed E-state index contributed by atoms with van der Waals surface area (Å²) in [6.45, 7) is 8.72. The Morgan fingerprint density at radius 3 is 1.62 bits per heavy atom. The highest BCUT2D eigenvalue weighted by atomic mass is 15.1. The molecule has 1 aromatic rings. The van der Waals surface area contributed by atoms with E-state index >= 15 is 0 Å². The van der Waals surface area contributed by atoms with Crippen molar-refractivity contribution < 1.29 is 0 Å². The van der Waals surface area contributed by atoms with Crippen LogP contribution in [0.5, 0.6) is 0 Å². The third kappa shape index (κ3) is 7.54. The fraction of sp³-hybridized carbons (Fsp3) is 0.500. The molecule has 0 spiro atoms. The van der Waals surface area contributed by atoms with Gasteiger partial charge in [0.1, 0.15) is 0 Å². The van der Waals surface area contributed by atoms with Crippen molar-refractivity contribution in [2.24, 2.45) is 0 Å². The predicted molar refractivity (Wildman–Crippen MR) is 60.0 cm³/mol. The lowest BCUT2D eigenvalue weighted by Gasteiger charge is -2.07. The molecule has 0 bridgehead atoms. The van der Waals surface area contributed by atoms with Crippen LogP contribution in [0.1, 0.15) is 19.4 Å². The van der Waals surface area contributed by atoms with Crippen LogP contribution < -0.4 is 0 Å². The van der Waals surface area contributed by atoms with Crippen molar-refractivity contribution in [1.82, 2.24) is 4.90 Å². The molecule has 74 valence electrons. The monoisotopic (exact) mass is 179 g/mol. The molecule has 0 aliphatic carbocycles. The first-order valence-corrected chi connectivity index (χ1v) is 4.90. The van der Waals surface area contributed by atoms with Crippen molar-refractivity contribution in [3.05, 3.63) is 35.9 Å². The molecule has 0 aromatic heterocycles. The normalized spacial score (nSPS) is 9.31. The van der Waals surface area contributed by atoms with Gasteiger partial charge in [-0.15, -0.1) is 0 Å². The van der Waals surface area contributed by atoms with Crippen molar-refractivity contribution in [2.45, 2.75) is 20.8 Å². The van der Waals surface area contributed by atoms with Gasteiger partial charge in [-0.3, -0.25) is 0 Å². The number of rotatable bonds is 2. The zero-order valence-electron chi connectivity index (χ0n) is 9.25. The standard InChI is InChI=1S/C7H8.C5H13N/c1-7-5-3-2-4-6-7;1-4-6(3)5-2/h2-6H,1H3;4-5H2,1-3H3. The number of hydrogen-bond acceptors (Lipinski definition) is 1. The summed E-state index contributed by atoms with van der Waals surface area (Å²) in [5, 5.41) is 0. The first-order valence-electron chi connectivity index (χ1n) is 4.90. The third-order valence-electron chi connectivity index (χ3n) is 2.02. The van der Waals surface area contributed by atoms with Crippen molar-refractivity contribution >= 4 is 0 Å². The Morgan fingerprint density at radius 2 is 1.46 bits per heavy atom. The molecule has 0 saturated heterocycles. The van der Waals surface area contributed by atoms with E-state index in [1.54, 1.807) is 0 Å². The lowest BCUT2D eigenvalue weighted by atomic mass is 10.2. The van der Waals surface area contributed by atoms with E-state index in [1.165, 1.54) is 5.56 Å². The van der Waals surface area contributed by atoms with Crippen LogP contribution in [-0.4, -0.2) is 25.0 Å². The highest BCUT2D eigenvalue weighted by Crippen LogP contribution is 1.92. The molecule has 0 N–H and O–H groups in total. The fourth-order valence-corrected chi connectivity index (χ4v) is 0.758. The SMILES string of the molecule is CCN(C)CC.Cc1ccccc1. The van der Waals surface area contributed by atoms with Crippen LogP contribution in [-0.2, 0) is 0 Å². The quantitative estimate of drug-likeness (QED) is 0.674. The van der Waals surface area contributed by atoms with Gasteiger partial charge < -0.3 is 4.90 Å². The molecular formula is C12H21N. The Labute approximate surface area is 82.4 Å². The lowest BCUT2D eigenvalue weighted by molar-refractivity contribution is 0.373. The van der Waals surface area contributed by atoms with E-state index in [0.29, 0.717) is 0 Å². The maximum atomic E-state index is 2.25. The molecule has 0 fully saturated rings. The molecule has 0 aliphatic rings. The highest BCUT2D eigenvalue weighted by molar-refractivity contribution is 5.11. The fourth-order valence-electron chi connectivity index (χ4n) is 0.758. The number of benzene rings is 1. The Balaban J connectivity index is 0.000000226. The number of hydrogen-bond donors (Lipinski definition) is 0. The molecule has 0 aliphatic heterocycles. The molecule has 0 radical (unpaired) electrons. The molecule has 0 unspecified atom stereocenters. The largest absolute Gasteiger partial charge is 0.307 e. The highest BCUT2D eigenvalue weighted by Gasteiger charge is 1.81. The molecule has 0 amide bonds. The van der Waals surface area contributed by atoms with Crippen molar-refractivity contribution in [1.29, 1.82) is 0 Å². The maximum Gasteiger partial charge on any atom is -0.00504 e. The Kier molecular flexibility index (Phi) is 7.32. The van der Waals surface area contributed by atoms with Crippen LogP contribution in [0.25, 0.3) is 0 Å². The van der Waals surface area contributed by atoms with Crippen LogP contribution in [0.2, 0.25) is 0 Å². The van der Waals surface area contributed by atoms with Gasteiger partial charge in [-0.2, -0.15) is 0 Å². The average molecular weight is 179 g/mol. The number of nitrogens with zero attached hydrogens (tertiary/aromatic N) is 1. The molecule has 0 atom stereocenters. The lowest BCUT2D eigenvalue weighted by Crippen LogP contribution is -2.15. The Morgan fingerprint density at radius 1 is 1.00 bits per heavy atom. The summed E-state index contributed by atoms with van der Waals surface area (Å²) in [7, 11) is 2.11. The molecular weight excluding hydrogens is 158 g/mol. The minimum Gasteiger partial charge on any atom is -0.307 e. The first-order chi connectivity index (χ1) is 6.20. The molecule has 1 rings (SSSR count). The van der Waals surface area contributed by atoms with Crippen molar-refractivity contribution in [3.63, 3.8) is 0 Å². The molecule has 1 heteroatoms.